The van der Waals surface area contributed by atoms with Gasteiger partial charge in [-0.3, -0.25) is 37.3 Å². The minimum absolute atomic E-state index is 0.0584. The lowest BCUT2D eigenvalue weighted by atomic mass is 10.1. The summed E-state index contributed by atoms with van der Waals surface area (Å²) >= 11 is 0. The Morgan fingerprint density at radius 3 is 0.804 bits per heavy atom. The molecule has 0 radical (unpaired) electrons. The number of unbranched alkanes of at least 4 members (excludes halogenated alkanes) is 28. The van der Waals surface area contributed by atoms with Crippen molar-refractivity contribution >= 4 is 39.5 Å². The van der Waals surface area contributed by atoms with Crippen LogP contribution in [-0.4, -0.2) is 96.7 Å². The average Bonchev–Trinajstić information content (AvgIpc) is 0.959. The van der Waals surface area contributed by atoms with Crippen LogP contribution in [0.1, 0.15) is 323 Å². The molecule has 0 aliphatic carbocycles. The number of aliphatic hydroxyl groups excluding tert-OH is 1. The van der Waals surface area contributed by atoms with Gasteiger partial charge in [-0.15, -0.1) is 0 Å². The highest BCUT2D eigenvalue weighted by atomic mass is 31.2. The summed E-state index contributed by atoms with van der Waals surface area (Å²) in [7, 11) is -9.98. The van der Waals surface area contributed by atoms with Crippen molar-refractivity contribution in [3.63, 3.8) is 0 Å². The molecular formula is C83H142O17P2. The van der Waals surface area contributed by atoms with Gasteiger partial charge in [-0.2, -0.15) is 0 Å². The van der Waals surface area contributed by atoms with E-state index in [4.69, 9.17) is 37.0 Å². The first-order chi connectivity index (χ1) is 49.7. The highest BCUT2D eigenvalue weighted by Crippen LogP contribution is 2.45. The summed E-state index contributed by atoms with van der Waals surface area (Å²) in [5.41, 5.74) is 0. The third kappa shape index (κ3) is 73.8. The SMILES string of the molecule is CC/C=C\C/C=C\C/C=C\C/C=C\CCCCCCC(=O)OCC(COP(=O)(O)OCC(O)COP(=O)(O)OCC(COC(=O)CCCCCCC/C=C\CCCCCCCC)OC(=O)CCCCCCC/C=C\CCCCCC)OC(=O)CCCCCC/C=C\C/C=C\C/C=C\C/C=C\CC. The van der Waals surface area contributed by atoms with Crippen molar-refractivity contribution in [3.05, 3.63) is 122 Å². The third-order valence-corrected chi connectivity index (χ3v) is 18.3. The van der Waals surface area contributed by atoms with Crippen LogP contribution in [0.5, 0.6) is 0 Å². The van der Waals surface area contributed by atoms with E-state index in [1.807, 2.05) is 0 Å². The Kier molecular flexibility index (Phi) is 71.4. The van der Waals surface area contributed by atoms with Crippen molar-refractivity contribution in [1.82, 2.24) is 0 Å². The minimum atomic E-state index is -4.99. The van der Waals surface area contributed by atoms with E-state index >= 15 is 0 Å². The summed E-state index contributed by atoms with van der Waals surface area (Å²) in [4.78, 5) is 73.0. The first-order valence-corrected chi connectivity index (χ1v) is 42.8. The molecule has 0 heterocycles. The monoisotopic (exact) mass is 1470 g/mol. The third-order valence-electron chi connectivity index (χ3n) is 16.4. The predicted molar refractivity (Wildman–Crippen MR) is 418 cm³/mol. The van der Waals surface area contributed by atoms with Crippen LogP contribution < -0.4 is 0 Å². The van der Waals surface area contributed by atoms with Gasteiger partial charge in [-0.05, 0) is 154 Å². The van der Waals surface area contributed by atoms with E-state index in [0.717, 1.165) is 180 Å². The van der Waals surface area contributed by atoms with Crippen LogP contribution in [0.25, 0.3) is 0 Å². The molecule has 19 heteroatoms. The fourth-order valence-corrected chi connectivity index (χ4v) is 11.9. The number of phosphoric ester groups is 2. The van der Waals surface area contributed by atoms with Gasteiger partial charge in [0.05, 0.1) is 26.4 Å². The second-order valence-corrected chi connectivity index (χ2v) is 29.1. The van der Waals surface area contributed by atoms with E-state index in [0.29, 0.717) is 25.7 Å². The molecule has 0 aliphatic rings. The van der Waals surface area contributed by atoms with Crippen LogP contribution in [0.4, 0.5) is 0 Å². The van der Waals surface area contributed by atoms with E-state index in [9.17, 15) is 43.2 Å². The van der Waals surface area contributed by atoms with Crippen LogP contribution in [0.2, 0.25) is 0 Å². The largest absolute Gasteiger partial charge is 0.472 e. The summed E-state index contributed by atoms with van der Waals surface area (Å²) in [6.07, 6.45) is 81.7. The Morgan fingerprint density at radius 1 is 0.284 bits per heavy atom. The molecule has 3 N–H and O–H groups in total. The van der Waals surface area contributed by atoms with Crippen LogP contribution in [0.15, 0.2) is 122 Å². The van der Waals surface area contributed by atoms with Gasteiger partial charge in [-0.1, -0.05) is 265 Å². The van der Waals surface area contributed by atoms with Gasteiger partial charge in [0.1, 0.15) is 19.3 Å². The normalized spacial score (nSPS) is 14.5. The Hall–Kier alpha value is -4.54. The molecule has 0 aromatic heterocycles. The standard InChI is InChI=1S/C83H142O17P2/c1-5-9-13-17-21-25-29-33-36-38-41-45-48-52-56-60-64-68-81(86)94-74-79(100-83(88)70-66-62-58-54-50-46-42-39-37-34-30-26-22-18-14-10-6-2)76-98-102(91,92)96-72-77(84)71-95-101(89,90)97-75-78(99-82(87)69-65-61-57-53-49-43-32-28-24-20-16-12-8-4)73-93-80(85)67-63-59-55-51-47-44-40-35-31-27-23-19-15-11-7-3/h9-10,13-14,21-22,25-26,28,32-37,40-42,45-46,77-79,84H,5-8,11-12,15-20,23-24,27,29-31,38-39,43-44,47-76H2,1-4H3,(H,89,90)(H,91,92)/b13-9-,14-10-,25-21-,26-22-,32-28-,36-33-,37-34-,40-35-,45-41-,46-42-. The van der Waals surface area contributed by atoms with Crippen molar-refractivity contribution in [2.45, 2.75) is 341 Å². The summed E-state index contributed by atoms with van der Waals surface area (Å²) in [5.74, 6) is -2.24. The minimum Gasteiger partial charge on any atom is -0.462 e. The summed E-state index contributed by atoms with van der Waals surface area (Å²) < 4.78 is 68.6. The number of esters is 4. The maximum absolute atomic E-state index is 13.1. The van der Waals surface area contributed by atoms with Gasteiger partial charge in [0.2, 0.25) is 0 Å². The molecular weight excluding hydrogens is 1330 g/mol. The van der Waals surface area contributed by atoms with Crippen molar-refractivity contribution in [3.8, 4) is 0 Å². The van der Waals surface area contributed by atoms with Gasteiger partial charge < -0.3 is 33.8 Å². The molecule has 0 aromatic rings. The maximum atomic E-state index is 13.1. The maximum Gasteiger partial charge on any atom is 0.472 e. The molecule has 0 aromatic carbocycles. The number of hydrogen-bond acceptors (Lipinski definition) is 15. The van der Waals surface area contributed by atoms with Crippen LogP contribution in [-0.2, 0) is 65.4 Å². The quantitative estimate of drug-likeness (QED) is 0.0169. The summed E-state index contributed by atoms with van der Waals surface area (Å²) in [6, 6.07) is 0. The van der Waals surface area contributed by atoms with Crippen molar-refractivity contribution in [2.75, 3.05) is 39.6 Å². The second-order valence-electron chi connectivity index (χ2n) is 26.2. The fraction of sp³-hybridized carbons (Fsp3) is 0.711. The summed E-state index contributed by atoms with van der Waals surface area (Å²) in [5, 5.41) is 10.6. The number of carbonyl (C=O) groups is 4. The zero-order valence-electron chi connectivity index (χ0n) is 64.0. The van der Waals surface area contributed by atoms with Crippen LogP contribution in [0, 0.1) is 0 Å². The van der Waals surface area contributed by atoms with Gasteiger partial charge >= 0.3 is 39.5 Å². The first-order valence-electron chi connectivity index (χ1n) is 39.8. The fourth-order valence-electron chi connectivity index (χ4n) is 10.4. The number of allylic oxidation sites excluding steroid dienone is 20. The van der Waals surface area contributed by atoms with E-state index in [1.165, 1.54) is 64.2 Å². The highest BCUT2D eigenvalue weighted by molar-refractivity contribution is 7.47. The molecule has 5 atom stereocenters. The molecule has 0 bridgehead atoms. The zero-order valence-corrected chi connectivity index (χ0v) is 65.8. The Morgan fingerprint density at radius 2 is 0.510 bits per heavy atom. The van der Waals surface area contributed by atoms with E-state index in [-0.39, 0.29) is 25.7 Å². The molecule has 0 amide bonds. The van der Waals surface area contributed by atoms with Crippen molar-refractivity contribution < 1.29 is 80.2 Å². The molecule has 0 fully saturated rings. The Bertz CT molecular complexity index is 2410. The average molecular weight is 1470 g/mol. The van der Waals surface area contributed by atoms with Gasteiger partial charge in [-0.25, -0.2) is 9.13 Å². The second kappa shape index (κ2) is 74.7. The molecule has 0 spiro atoms. The zero-order chi connectivity index (χ0) is 74.6. The van der Waals surface area contributed by atoms with Gasteiger partial charge in [0, 0.05) is 25.7 Å². The number of rotatable bonds is 74. The lowest BCUT2D eigenvalue weighted by molar-refractivity contribution is -0.161. The number of carbonyl (C=O) groups excluding carboxylic acids is 4. The molecule has 586 valence electrons. The van der Waals surface area contributed by atoms with Crippen molar-refractivity contribution in [2.24, 2.45) is 0 Å². The lowest BCUT2D eigenvalue weighted by Gasteiger charge is -2.21. The Balaban J connectivity index is 5.41. The number of phosphoric acid groups is 2. The number of aliphatic hydroxyl groups is 1. The van der Waals surface area contributed by atoms with Crippen LogP contribution in [0.3, 0.4) is 0 Å². The number of hydrogen-bond donors (Lipinski definition) is 3. The Labute approximate surface area is 619 Å². The first kappa shape index (κ1) is 97.5. The van der Waals surface area contributed by atoms with E-state index < -0.39 is 97.5 Å². The molecule has 0 rings (SSSR count). The molecule has 0 aliphatic heterocycles. The van der Waals surface area contributed by atoms with Gasteiger partial charge in [0.25, 0.3) is 0 Å². The molecule has 0 saturated carbocycles. The molecule has 17 nitrogen and oxygen atoms in total. The molecule has 102 heavy (non-hydrogen) atoms. The smallest absolute Gasteiger partial charge is 0.462 e. The predicted octanol–water partition coefficient (Wildman–Crippen LogP) is 23.1. The van der Waals surface area contributed by atoms with E-state index in [1.54, 1.807) is 0 Å². The van der Waals surface area contributed by atoms with Crippen molar-refractivity contribution in [1.29, 1.82) is 0 Å². The molecule has 0 saturated heterocycles. The summed E-state index contributed by atoms with van der Waals surface area (Å²) in [6.45, 7) is 4.57. The van der Waals surface area contributed by atoms with E-state index in [2.05, 4.69) is 149 Å². The van der Waals surface area contributed by atoms with Gasteiger partial charge in [0.15, 0.2) is 12.2 Å². The van der Waals surface area contributed by atoms with Crippen LogP contribution >= 0.6 is 15.6 Å². The topological polar surface area (TPSA) is 237 Å². The molecule has 5 unspecified atom stereocenters. The number of ether oxygens (including phenoxy) is 4. The lowest BCUT2D eigenvalue weighted by Crippen LogP contribution is -2.30. The highest BCUT2D eigenvalue weighted by Gasteiger charge is 2.30.